The molecule has 0 saturated heterocycles. The average Bonchev–Trinajstić information content (AvgIpc) is 3.06. The summed E-state index contributed by atoms with van der Waals surface area (Å²) >= 11 is 0. The number of nitrogens with zero attached hydrogens (tertiary/aromatic N) is 2. The number of hydrogen-bond acceptors (Lipinski definition) is 5. The highest BCUT2D eigenvalue weighted by atomic mass is 16.5. The van der Waals surface area contributed by atoms with Gasteiger partial charge in [-0.3, -0.25) is 19.5 Å². The summed E-state index contributed by atoms with van der Waals surface area (Å²) < 4.78 is 10.9. The highest BCUT2D eigenvalue weighted by molar-refractivity contribution is 6.18. The van der Waals surface area contributed by atoms with Crippen LogP contribution in [0.15, 0.2) is 71.7 Å². The molecule has 1 aliphatic carbocycles. The van der Waals surface area contributed by atoms with Crippen LogP contribution in [-0.4, -0.2) is 31.6 Å². The van der Waals surface area contributed by atoms with Crippen LogP contribution >= 0.6 is 0 Å². The number of fused-ring (bicyclic) bond motifs is 7. The molecule has 2 heterocycles. The van der Waals surface area contributed by atoms with E-state index in [-0.39, 0.29) is 23.7 Å². The average molecular weight is 453 g/mol. The molecule has 3 atom stereocenters. The van der Waals surface area contributed by atoms with E-state index in [1.165, 1.54) is 0 Å². The van der Waals surface area contributed by atoms with E-state index >= 15 is 0 Å². The lowest BCUT2D eigenvalue weighted by atomic mass is 9.72. The summed E-state index contributed by atoms with van der Waals surface area (Å²) in [4.78, 5) is 34.0. The van der Waals surface area contributed by atoms with Gasteiger partial charge in [0.25, 0.3) is 5.91 Å². The van der Waals surface area contributed by atoms with Gasteiger partial charge in [0.15, 0.2) is 11.5 Å². The number of carbonyl (C=O) groups is 2. The maximum Gasteiger partial charge on any atom is 0.259 e. The van der Waals surface area contributed by atoms with Crippen molar-refractivity contribution in [1.82, 2.24) is 0 Å². The number of para-hydroxylation sites is 2. The van der Waals surface area contributed by atoms with Crippen molar-refractivity contribution < 1.29 is 19.1 Å². The van der Waals surface area contributed by atoms with Crippen LogP contribution in [0.4, 0.5) is 11.4 Å². The van der Waals surface area contributed by atoms with Crippen molar-refractivity contribution >= 4 is 28.8 Å². The molecule has 6 nitrogen and oxygen atoms in total. The highest BCUT2D eigenvalue weighted by Gasteiger charge is 2.50. The van der Waals surface area contributed by atoms with E-state index in [1.807, 2.05) is 66.7 Å². The van der Waals surface area contributed by atoms with Crippen LogP contribution in [0.3, 0.4) is 0 Å². The Bertz CT molecular complexity index is 1360. The lowest BCUT2D eigenvalue weighted by Crippen LogP contribution is -2.42. The summed E-state index contributed by atoms with van der Waals surface area (Å²) in [6.45, 7) is 0. The van der Waals surface area contributed by atoms with Crippen molar-refractivity contribution in [2.75, 3.05) is 19.1 Å². The SMILES string of the molecule is COc1ccc(C2CC(=O)C3C(=Nc4ccccc4N4C(=O)c5ccccc5C34)C2)cc1OC. The molecule has 1 fully saturated rings. The van der Waals surface area contributed by atoms with Crippen molar-refractivity contribution in [3.05, 3.63) is 83.4 Å². The Kier molecular flexibility index (Phi) is 4.76. The fourth-order valence-corrected chi connectivity index (χ4v) is 5.67. The molecule has 0 aromatic heterocycles. The van der Waals surface area contributed by atoms with Crippen LogP contribution in [0.5, 0.6) is 11.5 Å². The lowest BCUT2D eigenvalue weighted by molar-refractivity contribution is -0.122. The second kappa shape index (κ2) is 7.83. The zero-order chi connectivity index (χ0) is 23.4. The summed E-state index contributed by atoms with van der Waals surface area (Å²) in [5.74, 6) is 0.856. The molecule has 3 aliphatic rings. The van der Waals surface area contributed by atoms with Gasteiger partial charge in [0.05, 0.1) is 37.6 Å². The van der Waals surface area contributed by atoms with Crippen molar-refractivity contribution in [2.24, 2.45) is 10.9 Å². The Morgan fingerprint density at radius 3 is 2.47 bits per heavy atom. The minimum absolute atomic E-state index is 0.0200. The molecular weight excluding hydrogens is 428 g/mol. The van der Waals surface area contributed by atoms with Gasteiger partial charge in [0.2, 0.25) is 0 Å². The topological polar surface area (TPSA) is 68.2 Å². The van der Waals surface area contributed by atoms with E-state index in [4.69, 9.17) is 14.5 Å². The van der Waals surface area contributed by atoms with Crippen LogP contribution in [0.2, 0.25) is 0 Å². The van der Waals surface area contributed by atoms with Crippen molar-refractivity contribution in [2.45, 2.75) is 24.8 Å². The molecule has 3 aromatic carbocycles. The number of Topliss-reactive ketones (excluding diaryl/α,β-unsaturated/α-hetero) is 1. The molecule has 1 amide bonds. The molecule has 34 heavy (non-hydrogen) atoms. The third-order valence-corrected chi connectivity index (χ3v) is 7.22. The number of ketones is 1. The maximum absolute atomic E-state index is 13.8. The van der Waals surface area contributed by atoms with Crippen molar-refractivity contribution in [3.8, 4) is 11.5 Å². The van der Waals surface area contributed by atoms with Crippen LogP contribution in [0.25, 0.3) is 0 Å². The molecule has 6 rings (SSSR count). The molecule has 170 valence electrons. The standard InChI is InChI=1S/C28H24N2O4/c1-33-24-12-11-16(15-25(24)34-2)17-13-21-26(23(31)14-17)27-18-7-3-4-8-19(18)28(32)30(27)22-10-6-5-9-20(22)29-21/h3-12,15,17,26-27H,13-14H2,1-2H3. The Labute approximate surface area is 197 Å². The summed E-state index contributed by atoms with van der Waals surface area (Å²) in [6, 6.07) is 20.7. The van der Waals surface area contributed by atoms with E-state index in [1.54, 1.807) is 19.1 Å². The van der Waals surface area contributed by atoms with E-state index in [9.17, 15) is 9.59 Å². The maximum atomic E-state index is 13.8. The van der Waals surface area contributed by atoms with Crippen molar-refractivity contribution in [3.63, 3.8) is 0 Å². The predicted molar refractivity (Wildman–Crippen MR) is 130 cm³/mol. The first-order valence-electron chi connectivity index (χ1n) is 11.4. The number of hydrogen-bond donors (Lipinski definition) is 0. The fraction of sp³-hybridized carbons (Fsp3) is 0.250. The predicted octanol–water partition coefficient (Wildman–Crippen LogP) is 5.25. The number of rotatable bonds is 3. The van der Waals surface area contributed by atoms with Gasteiger partial charge >= 0.3 is 0 Å². The number of anilines is 1. The Morgan fingerprint density at radius 1 is 0.882 bits per heavy atom. The number of methoxy groups -OCH3 is 2. The van der Waals surface area contributed by atoms with Gasteiger partial charge in [-0.05, 0) is 53.8 Å². The van der Waals surface area contributed by atoms with Crippen LogP contribution in [0, 0.1) is 5.92 Å². The van der Waals surface area contributed by atoms with Gasteiger partial charge in [-0.2, -0.15) is 0 Å². The fourth-order valence-electron chi connectivity index (χ4n) is 5.67. The van der Waals surface area contributed by atoms with Gasteiger partial charge in [-0.25, -0.2) is 0 Å². The molecule has 3 unspecified atom stereocenters. The van der Waals surface area contributed by atoms with Gasteiger partial charge in [-0.1, -0.05) is 36.4 Å². The lowest BCUT2D eigenvalue weighted by Gasteiger charge is -2.35. The Hall–Kier alpha value is -3.93. The number of benzene rings is 3. The second-order valence-corrected chi connectivity index (χ2v) is 8.96. The Morgan fingerprint density at radius 2 is 1.65 bits per heavy atom. The minimum atomic E-state index is -0.462. The third kappa shape index (κ3) is 2.98. The molecule has 0 bridgehead atoms. The normalized spacial score (nSPS) is 22.7. The van der Waals surface area contributed by atoms with Crippen LogP contribution < -0.4 is 14.4 Å². The van der Waals surface area contributed by atoms with E-state index in [2.05, 4.69) is 0 Å². The molecule has 0 radical (unpaired) electrons. The molecule has 6 heteroatoms. The number of amides is 1. The van der Waals surface area contributed by atoms with Gasteiger partial charge in [0.1, 0.15) is 5.78 Å². The molecule has 0 N–H and O–H groups in total. The Balaban J connectivity index is 1.47. The zero-order valence-corrected chi connectivity index (χ0v) is 19.0. The zero-order valence-electron chi connectivity index (χ0n) is 19.0. The molecular formula is C28H24N2O4. The van der Waals surface area contributed by atoms with E-state index < -0.39 is 5.92 Å². The monoisotopic (exact) mass is 452 g/mol. The summed E-state index contributed by atoms with van der Waals surface area (Å²) in [5, 5.41) is 0. The third-order valence-electron chi connectivity index (χ3n) is 7.22. The van der Waals surface area contributed by atoms with Gasteiger partial charge in [-0.15, -0.1) is 0 Å². The number of ether oxygens (including phenoxy) is 2. The molecule has 1 saturated carbocycles. The first kappa shape index (κ1) is 20.7. The first-order valence-corrected chi connectivity index (χ1v) is 11.4. The quantitative estimate of drug-likeness (QED) is 0.544. The highest BCUT2D eigenvalue weighted by Crippen LogP contribution is 2.51. The number of aliphatic imine (C=N–C) groups is 1. The first-order chi connectivity index (χ1) is 16.6. The summed E-state index contributed by atoms with van der Waals surface area (Å²) in [5.41, 5.74) is 4.90. The van der Waals surface area contributed by atoms with Crippen LogP contribution in [-0.2, 0) is 4.79 Å². The summed E-state index contributed by atoms with van der Waals surface area (Å²) in [6.07, 6.45) is 1.02. The number of carbonyl (C=O) groups excluding carboxylic acids is 2. The van der Waals surface area contributed by atoms with Crippen molar-refractivity contribution in [1.29, 1.82) is 0 Å². The van der Waals surface area contributed by atoms with Gasteiger partial charge in [0, 0.05) is 17.7 Å². The molecule has 0 spiro atoms. The minimum Gasteiger partial charge on any atom is -0.493 e. The van der Waals surface area contributed by atoms with E-state index in [0.717, 1.165) is 28.2 Å². The van der Waals surface area contributed by atoms with Gasteiger partial charge < -0.3 is 9.47 Å². The molecule has 3 aromatic rings. The second-order valence-electron chi connectivity index (χ2n) is 8.96. The smallest absolute Gasteiger partial charge is 0.259 e. The molecule has 2 aliphatic heterocycles. The largest absolute Gasteiger partial charge is 0.493 e. The summed E-state index contributed by atoms with van der Waals surface area (Å²) in [7, 11) is 3.22. The van der Waals surface area contributed by atoms with Crippen LogP contribution in [0.1, 0.15) is 46.3 Å². The van der Waals surface area contributed by atoms with E-state index in [0.29, 0.717) is 29.9 Å².